The molecule has 19 heavy (non-hydrogen) atoms. The van der Waals surface area contributed by atoms with Crippen LogP contribution in [0.4, 0.5) is 4.39 Å². The van der Waals surface area contributed by atoms with E-state index in [4.69, 9.17) is 16.3 Å². The summed E-state index contributed by atoms with van der Waals surface area (Å²) in [5, 5.41) is 2.91. The molecular weight excluding hydrogens is 295 g/mol. The lowest BCUT2D eigenvalue weighted by Gasteiger charge is -2.11. The van der Waals surface area contributed by atoms with Crippen LogP contribution in [0.5, 0.6) is 0 Å². The van der Waals surface area contributed by atoms with Crippen molar-refractivity contribution in [1.29, 1.82) is 0 Å². The SMILES string of the molecule is CNCc1cc(Cl)cc(S(=O)(=O)NCCOC)c1F. The molecule has 0 aromatic heterocycles. The van der Waals surface area contributed by atoms with E-state index in [2.05, 4.69) is 10.0 Å². The number of sulfonamides is 1. The Morgan fingerprint density at radius 2 is 2.11 bits per heavy atom. The van der Waals surface area contributed by atoms with E-state index in [9.17, 15) is 12.8 Å². The largest absolute Gasteiger partial charge is 0.383 e. The fourth-order valence-corrected chi connectivity index (χ4v) is 2.95. The molecule has 8 heteroatoms. The molecule has 0 aliphatic rings. The van der Waals surface area contributed by atoms with Gasteiger partial charge in [0.2, 0.25) is 10.0 Å². The molecule has 1 aromatic carbocycles. The van der Waals surface area contributed by atoms with Gasteiger partial charge in [-0.15, -0.1) is 0 Å². The molecule has 0 saturated heterocycles. The molecule has 0 fully saturated rings. The number of hydrogen-bond donors (Lipinski definition) is 2. The van der Waals surface area contributed by atoms with E-state index in [-0.39, 0.29) is 30.3 Å². The molecule has 0 amide bonds. The zero-order chi connectivity index (χ0) is 14.5. The van der Waals surface area contributed by atoms with Gasteiger partial charge < -0.3 is 10.1 Å². The summed E-state index contributed by atoms with van der Waals surface area (Å²) in [6.07, 6.45) is 0. The lowest BCUT2D eigenvalue weighted by molar-refractivity contribution is 0.204. The average molecular weight is 311 g/mol. The summed E-state index contributed by atoms with van der Waals surface area (Å²) in [5.74, 6) is -0.802. The van der Waals surface area contributed by atoms with Crippen LogP contribution in [0.15, 0.2) is 17.0 Å². The van der Waals surface area contributed by atoms with Gasteiger partial charge in [0.15, 0.2) is 0 Å². The average Bonchev–Trinajstić information content (AvgIpc) is 2.33. The first-order valence-corrected chi connectivity index (χ1v) is 7.39. The molecule has 0 unspecified atom stereocenters. The van der Waals surface area contributed by atoms with E-state index >= 15 is 0 Å². The van der Waals surface area contributed by atoms with Crippen molar-refractivity contribution in [1.82, 2.24) is 10.0 Å². The van der Waals surface area contributed by atoms with Gasteiger partial charge in [0.1, 0.15) is 10.7 Å². The topological polar surface area (TPSA) is 67.4 Å². The Balaban J connectivity index is 3.11. The maximum Gasteiger partial charge on any atom is 0.243 e. The van der Waals surface area contributed by atoms with Crippen molar-refractivity contribution in [2.45, 2.75) is 11.4 Å². The molecule has 0 aliphatic carbocycles. The standard InChI is InChI=1S/C11H16ClFN2O3S/c1-14-7-8-5-9(12)6-10(11(8)13)19(16,17)15-3-4-18-2/h5-6,14-15H,3-4,7H2,1-2H3. The van der Waals surface area contributed by atoms with Gasteiger partial charge in [-0.05, 0) is 19.2 Å². The van der Waals surface area contributed by atoms with Crippen LogP contribution in [-0.4, -0.2) is 35.7 Å². The number of rotatable bonds is 7. The van der Waals surface area contributed by atoms with Crippen molar-refractivity contribution >= 4 is 21.6 Å². The molecule has 0 atom stereocenters. The molecule has 0 aliphatic heterocycles. The Hall–Kier alpha value is -0.730. The number of hydrogen-bond acceptors (Lipinski definition) is 4. The van der Waals surface area contributed by atoms with Gasteiger partial charge in [-0.3, -0.25) is 0 Å². The lowest BCUT2D eigenvalue weighted by atomic mass is 10.2. The predicted octanol–water partition coefficient (Wildman–Crippen LogP) is 1.12. The fourth-order valence-electron chi connectivity index (χ4n) is 1.49. The Bertz CT molecular complexity index is 537. The summed E-state index contributed by atoms with van der Waals surface area (Å²) in [5.41, 5.74) is 0.196. The van der Waals surface area contributed by atoms with Gasteiger partial charge in [0.05, 0.1) is 6.61 Å². The maximum atomic E-state index is 14.1. The zero-order valence-corrected chi connectivity index (χ0v) is 12.2. The smallest absolute Gasteiger partial charge is 0.243 e. The molecule has 0 spiro atoms. The number of methoxy groups -OCH3 is 1. The molecule has 1 rings (SSSR count). The van der Waals surface area contributed by atoms with Crippen LogP contribution < -0.4 is 10.0 Å². The van der Waals surface area contributed by atoms with Crippen LogP contribution in [0.2, 0.25) is 5.02 Å². The molecule has 1 aromatic rings. The molecule has 0 bridgehead atoms. The van der Waals surface area contributed by atoms with Gasteiger partial charge in [-0.2, -0.15) is 0 Å². The van der Waals surface area contributed by atoms with Crippen LogP contribution in [0, 0.1) is 5.82 Å². The van der Waals surface area contributed by atoms with Gasteiger partial charge in [-0.1, -0.05) is 11.6 Å². The Labute approximate surface area is 117 Å². The van der Waals surface area contributed by atoms with Crippen molar-refractivity contribution < 1.29 is 17.5 Å². The minimum atomic E-state index is -3.94. The highest BCUT2D eigenvalue weighted by Gasteiger charge is 2.21. The van der Waals surface area contributed by atoms with Crippen molar-refractivity contribution in [2.24, 2.45) is 0 Å². The number of halogens is 2. The molecule has 0 heterocycles. The Morgan fingerprint density at radius 1 is 1.42 bits per heavy atom. The van der Waals surface area contributed by atoms with Crippen molar-refractivity contribution in [3.63, 3.8) is 0 Å². The third kappa shape index (κ3) is 4.39. The first-order valence-electron chi connectivity index (χ1n) is 5.53. The summed E-state index contributed by atoms with van der Waals surface area (Å²) in [6.45, 7) is 0.448. The highest BCUT2D eigenvalue weighted by Crippen LogP contribution is 2.23. The monoisotopic (exact) mass is 310 g/mol. The molecule has 5 nitrogen and oxygen atoms in total. The van der Waals surface area contributed by atoms with Crippen molar-refractivity contribution in [2.75, 3.05) is 27.3 Å². The van der Waals surface area contributed by atoms with Crippen LogP contribution in [0.3, 0.4) is 0 Å². The van der Waals surface area contributed by atoms with Gasteiger partial charge in [0, 0.05) is 30.8 Å². The molecule has 108 valence electrons. The van der Waals surface area contributed by atoms with Gasteiger partial charge in [-0.25, -0.2) is 17.5 Å². The van der Waals surface area contributed by atoms with E-state index < -0.39 is 20.7 Å². The first-order chi connectivity index (χ1) is 8.92. The second-order valence-electron chi connectivity index (χ2n) is 3.80. The summed E-state index contributed by atoms with van der Waals surface area (Å²) in [6, 6.07) is 2.48. The van der Waals surface area contributed by atoms with Gasteiger partial charge >= 0.3 is 0 Å². The summed E-state index contributed by atoms with van der Waals surface area (Å²) < 4.78 is 45.0. The van der Waals surface area contributed by atoms with Crippen LogP contribution in [0.25, 0.3) is 0 Å². The van der Waals surface area contributed by atoms with E-state index in [1.54, 1.807) is 7.05 Å². The van der Waals surface area contributed by atoms with Gasteiger partial charge in [0.25, 0.3) is 0 Å². The summed E-state index contributed by atoms with van der Waals surface area (Å²) >= 11 is 5.81. The normalized spacial score (nSPS) is 11.8. The second kappa shape index (κ2) is 7.16. The van der Waals surface area contributed by atoms with E-state index in [1.807, 2.05) is 0 Å². The summed E-state index contributed by atoms with van der Waals surface area (Å²) in [7, 11) is -0.870. The fraction of sp³-hybridized carbons (Fsp3) is 0.455. The Morgan fingerprint density at radius 3 is 2.68 bits per heavy atom. The van der Waals surface area contributed by atoms with Crippen LogP contribution in [0.1, 0.15) is 5.56 Å². The highest BCUT2D eigenvalue weighted by molar-refractivity contribution is 7.89. The van der Waals surface area contributed by atoms with E-state index in [0.29, 0.717) is 0 Å². The highest BCUT2D eigenvalue weighted by atomic mass is 35.5. The third-order valence-corrected chi connectivity index (χ3v) is 4.01. The molecular formula is C11H16ClFN2O3S. The van der Waals surface area contributed by atoms with Crippen LogP contribution >= 0.6 is 11.6 Å². The lowest BCUT2D eigenvalue weighted by Crippen LogP contribution is -2.28. The quantitative estimate of drug-likeness (QED) is 0.741. The molecule has 2 N–H and O–H groups in total. The second-order valence-corrected chi connectivity index (χ2v) is 5.97. The Kier molecular flexibility index (Phi) is 6.15. The third-order valence-electron chi connectivity index (χ3n) is 2.33. The van der Waals surface area contributed by atoms with E-state index in [0.717, 1.165) is 6.07 Å². The number of nitrogens with one attached hydrogen (secondary N) is 2. The first kappa shape index (κ1) is 16.3. The van der Waals surface area contributed by atoms with E-state index in [1.165, 1.54) is 13.2 Å². The maximum absolute atomic E-state index is 14.1. The zero-order valence-electron chi connectivity index (χ0n) is 10.7. The predicted molar refractivity (Wildman–Crippen MR) is 71.2 cm³/mol. The molecule has 0 radical (unpaired) electrons. The minimum absolute atomic E-state index is 0.0617. The summed E-state index contributed by atoms with van der Waals surface area (Å²) in [4.78, 5) is -0.457. The van der Waals surface area contributed by atoms with Crippen molar-refractivity contribution in [3.8, 4) is 0 Å². The number of ether oxygens (including phenoxy) is 1. The van der Waals surface area contributed by atoms with Crippen LogP contribution in [-0.2, 0) is 21.3 Å². The number of benzene rings is 1. The van der Waals surface area contributed by atoms with Crippen molar-refractivity contribution in [3.05, 3.63) is 28.5 Å². The minimum Gasteiger partial charge on any atom is -0.383 e. The molecule has 0 saturated carbocycles.